The molecule has 0 bridgehead atoms. The van der Waals surface area contributed by atoms with Gasteiger partial charge in [-0.25, -0.2) is 18.7 Å². The molecule has 3 nitrogen and oxygen atoms in total. The van der Waals surface area contributed by atoms with Gasteiger partial charge in [0.25, 0.3) is 0 Å². The van der Waals surface area contributed by atoms with Gasteiger partial charge in [-0.15, -0.1) is 0 Å². The van der Waals surface area contributed by atoms with Crippen molar-refractivity contribution in [3.63, 3.8) is 0 Å². The Kier molecular flexibility index (Phi) is 5.36. The second-order valence-corrected chi connectivity index (χ2v) is 7.77. The lowest BCUT2D eigenvalue weighted by molar-refractivity contribution is -0.137. The maximum absolute atomic E-state index is 14.9. The zero-order valence-corrected chi connectivity index (χ0v) is 17.5. The summed E-state index contributed by atoms with van der Waals surface area (Å²) in [6, 6.07) is 17.0. The van der Waals surface area contributed by atoms with E-state index in [1.54, 1.807) is 47.3 Å². The molecule has 0 unspecified atom stereocenters. The zero-order chi connectivity index (χ0) is 23.9. The van der Waals surface area contributed by atoms with E-state index in [4.69, 9.17) is 0 Å². The summed E-state index contributed by atoms with van der Waals surface area (Å²) in [7, 11) is 0. The van der Waals surface area contributed by atoms with Crippen LogP contribution in [0.5, 0.6) is 0 Å². The average Bonchev–Trinajstić information content (AvgIpc) is 3.22. The Hall–Kier alpha value is -4.07. The van der Waals surface area contributed by atoms with Gasteiger partial charge < -0.3 is 4.57 Å². The molecule has 170 valence electrons. The summed E-state index contributed by atoms with van der Waals surface area (Å²) < 4.78 is 70.7. The number of alkyl halides is 3. The van der Waals surface area contributed by atoms with Crippen molar-refractivity contribution >= 4 is 0 Å². The fourth-order valence-corrected chi connectivity index (χ4v) is 3.86. The number of aromatic nitrogens is 3. The minimum absolute atomic E-state index is 0.117. The van der Waals surface area contributed by atoms with Gasteiger partial charge in [0.2, 0.25) is 0 Å². The topological polar surface area (TPSA) is 30.7 Å². The van der Waals surface area contributed by atoms with Crippen molar-refractivity contribution in [1.82, 2.24) is 14.5 Å². The van der Waals surface area contributed by atoms with E-state index < -0.39 is 23.4 Å². The van der Waals surface area contributed by atoms with E-state index in [2.05, 4.69) is 9.97 Å². The van der Waals surface area contributed by atoms with Crippen LogP contribution in [0.1, 0.15) is 11.1 Å². The number of benzene rings is 3. The average molecular weight is 465 g/mol. The second-order valence-electron chi connectivity index (χ2n) is 7.77. The van der Waals surface area contributed by atoms with Crippen molar-refractivity contribution in [2.24, 2.45) is 0 Å². The van der Waals surface area contributed by atoms with E-state index in [1.165, 1.54) is 36.4 Å². The molecule has 0 aromatic heterocycles. The van der Waals surface area contributed by atoms with Crippen LogP contribution in [0.4, 0.5) is 22.0 Å². The van der Waals surface area contributed by atoms with E-state index in [0.29, 0.717) is 22.5 Å². The highest BCUT2D eigenvalue weighted by molar-refractivity contribution is 5.69. The van der Waals surface area contributed by atoms with Crippen molar-refractivity contribution in [1.29, 1.82) is 0 Å². The van der Waals surface area contributed by atoms with Crippen LogP contribution in [0.2, 0.25) is 0 Å². The monoisotopic (exact) mass is 465 g/mol. The van der Waals surface area contributed by atoms with Crippen molar-refractivity contribution in [3.8, 4) is 33.9 Å². The van der Waals surface area contributed by atoms with Crippen LogP contribution >= 0.6 is 0 Å². The van der Waals surface area contributed by atoms with Crippen LogP contribution in [0.3, 0.4) is 0 Å². The maximum Gasteiger partial charge on any atom is 0.417 e. The number of nitrogens with zero attached hydrogens (tertiary/aromatic N) is 3. The lowest BCUT2D eigenvalue weighted by Gasteiger charge is -2.14. The van der Waals surface area contributed by atoms with E-state index in [-0.39, 0.29) is 23.5 Å². The van der Waals surface area contributed by atoms with Gasteiger partial charge in [0.1, 0.15) is 17.3 Å². The van der Waals surface area contributed by atoms with Crippen molar-refractivity contribution in [3.05, 3.63) is 108 Å². The molecule has 0 saturated carbocycles. The Morgan fingerprint density at radius 3 is 2.15 bits per heavy atom. The van der Waals surface area contributed by atoms with Crippen molar-refractivity contribution < 1.29 is 22.0 Å². The van der Waals surface area contributed by atoms with E-state index in [9.17, 15) is 22.0 Å². The molecule has 0 N–H and O–H groups in total. The van der Waals surface area contributed by atoms with Gasteiger partial charge in [-0.2, -0.15) is 13.2 Å². The van der Waals surface area contributed by atoms with Crippen molar-refractivity contribution in [2.75, 3.05) is 0 Å². The van der Waals surface area contributed by atoms with Crippen LogP contribution in [0, 0.1) is 11.6 Å². The largest absolute Gasteiger partial charge is 0.417 e. The minimum atomic E-state index is -4.59. The molecule has 5 rings (SSSR count). The summed E-state index contributed by atoms with van der Waals surface area (Å²) >= 11 is 0. The SMILES string of the molecule is Fc1ccccc1-c1nc2ccn(Cc3ccc(-c4ccccc4C(F)(F)F)c(F)c3)cc-2n1. The Balaban J connectivity index is 1.44. The summed E-state index contributed by atoms with van der Waals surface area (Å²) in [5, 5.41) is 0. The smallest absolute Gasteiger partial charge is 0.348 e. The maximum atomic E-state index is 14.9. The Morgan fingerprint density at radius 2 is 1.41 bits per heavy atom. The van der Waals surface area contributed by atoms with Gasteiger partial charge in [-0.05, 0) is 41.5 Å². The van der Waals surface area contributed by atoms with Crippen LogP contribution in [0.15, 0.2) is 85.2 Å². The molecule has 3 aromatic rings. The number of fused-ring (bicyclic) bond motifs is 1. The number of pyridine rings is 1. The van der Waals surface area contributed by atoms with E-state index >= 15 is 0 Å². The molecule has 0 amide bonds. The fourth-order valence-electron chi connectivity index (χ4n) is 3.86. The van der Waals surface area contributed by atoms with Gasteiger partial charge in [0.15, 0.2) is 5.82 Å². The van der Waals surface area contributed by atoms with Crippen LogP contribution in [-0.2, 0) is 12.7 Å². The Bertz CT molecular complexity index is 1460. The highest BCUT2D eigenvalue weighted by Gasteiger charge is 2.33. The molecule has 0 spiro atoms. The number of hydrogen-bond donors (Lipinski definition) is 0. The molecule has 2 heterocycles. The first-order chi connectivity index (χ1) is 16.3. The number of rotatable bonds is 4. The molecular weight excluding hydrogens is 449 g/mol. The number of hydrogen-bond acceptors (Lipinski definition) is 2. The van der Waals surface area contributed by atoms with Crippen LogP contribution < -0.4 is 0 Å². The summed E-state index contributed by atoms with van der Waals surface area (Å²) in [5.74, 6) is -0.899. The minimum Gasteiger partial charge on any atom is -0.348 e. The summed E-state index contributed by atoms with van der Waals surface area (Å²) in [4.78, 5) is 8.76. The van der Waals surface area contributed by atoms with Gasteiger partial charge in [-0.1, -0.05) is 42.5 Å². The molecule has 2 aliphatic rings. The first-order valence-electron chi connectivity index (χ1n) is 10.3. The molecule has 0 saturated heterocycles. The third kappa shape index (κ3) is 4.14. The molecule has 0 fully saturated rings. The predicted molar refractivity (Wildman–Crippen MR) is 118 cm³/mol. The van der Waals surface area contributed by atoms with E-state index in [0.717, 1.165) is 6.07 Å². The first-order valence-corrected chi connectivity index (χ1v) is 10.3. The zero-order valence-electron chi connectivity index (χ0n) is 17.5. The summed E-state index contributed by atoms with van der Waals surface area (Å²) in [6.45, 7) is 0.260. The standard InChI is InChI=1S/C26H16F5N3/c27-21-8-4-2-6-19(21)25-32-23-11-12-34(15-24(23)33-25)14-16-9-10-18(22(28)13-16)17-5-1-3-7-20(17)26(29,30)31/h1-13,15H,14H2. The molecule has 0 aliphatic carbocycles. The highest BCUT2D eigenvalue weighted by atomic mass is 19.4. The van der Waals surface area contributed by atoms with Gasteiger partial charge in [-0.3, -0.25) is 0 Å². The highest BCUT2D eigenvalue weighted by Crippen LogP contribution is 2.38. The van der Waals surface area contributed by atoms with Crippen molar-refractivity contribution in [2.45, 2.75) is 12.7 Å². The lowest BCUT2D eigenvalue weighted by atomic mass is 9.97. The molecular formula is C26H16F5N3. The molecule has 3 aromatic carbocycles. The molecule has 0 atom stereocenters. The van der Waals surface area contributed by atoms with Crippen LogP contribution in [-0.4, -0.2) is 14.5 Å². The van der Waals surface area contributed by atoms with E-state index in [1.807, 2.05) is 0 Å². The molecule has 2 aliphatic heterocycles. The third-order valence-electron chi connectivity index (χ3n) is 5.46. The van der Waals surface area contributed by atoms with Gasteiger partial charge in [0, 0.05) is 24.5 Å². The number of imidazole rings is 1. The summed E-state index contributed by atoms with van der Waals surface area (Å²) in [5.41, 5.74) is 0.763. The number of halogens is 5. The Morgan fingerprint density at radius 1 is 0.706 bits per heavy atom. The molecule has 8 heteroatoms. The molecule has 0 radical (unpaired) electrons. The quantitative estimate of drug-likeness (QED) is 0.266. The lowest BCUT2D eigenvalue weighted by Crippen LogP contribution is -2.07. The Labute approximate surface area is 191 Å². The fraction of sp³-hybridized carbons (Fsp3) is 0.0769. The van der Waals surface area contributed by atoms with Crippen LogP contribution in [0.25, 0.3) is 33.9 Å². The second kappa shape index (κ2) is 8.37. The third-order valence-corrected chi connectivity index (χ3v) is 5.46. The predicted octanol–water partition coefficient (Wildman–Crippen LogP) is 7.06. The van der Waals surface area contributed by atoms with Gasteiger partial charge in [0.05, 0.1) is 16.8 Å². The first kappa shape index (κ1) is 21.8. The normalized spacial score (nSPS) is 11.8. The molecule has 34 heavy (non-hydrogen) atoms. The van der Waals surface area contributed by atoms with Gasteiger partial charge >= 0.3 is 6.18 Å². The summed E-state index contributed by atoms with van der Waals surface area (Å²) in [6.07, 6.45) is -1.15.